The lowest BCUT2D eigenvalue weighted by molar-refractivity contribution is -0.139. The molecule has 19 heavy (non-hydrogen) atoms. The first-order chi connectivity index (χ1) is 8.90. The topological polar surface area (TPSA) is 83.5 Å². The number of rotatable bonds is 7. The molecule has 0 aliphatic carbocycles. The van der Waals surface area contributed by atoms with Crippen molar-refractivity contribution in [2.45, 2.75) is 44.0 Å². The van der Waals surface area contributed by atoms with Crippen LogP contribution >= 0.6 is 0 Å². The predicted octanol–water partition coefficient (Wildman–Crippen LogP) is 1.78. The molecule has 0 saturated carbocycles. The molecule has 0 aliphatic heterocycles. The molecule has 0 radical (unpaired) electrons. The molecule has 1 aromatic carbocycles. The summed E-state index contributed by atoms with van der Waals surface area (Å²) in [7, 11) is -3.78. The maximum atomic E-state index is 12.0. The highest BCUT2D eigenvalue weighted by molar-refractivity contribution is 7.89. The quantitative estimate of drug-likeness (QED) is 0.800. The van der Waals surface area contributed by atoms with Crippen molar-refractivity contribution < 1.29 is 18.3 Å². The molecule has 0 aliphatic rings. The van der Waals surface area contributed by atoms with Gasteiger partial charge in [0.25, 0.3) is 0 Å². The summed E-state index contributed by atoms with van der Waals surface area (Å²) in [5.74, 6) is -1.17. The summed E-state index contributed by atoms with van der Waals surface area (Å²) in [4.78, 5) is 10.9. The fourth-order valence-electron chi connectivity index (χ4n) is 1.69. The highest BCUT2D eigenvalue weighted by Crippen LogP contribution is 2.12. The van der Waals surface area contributed by atoms with Gasteiger partial charge < -0.3 is 5.11 Å². The standard InChI is InChI=1S/C13H19NO4S/c1-3-5-10-6-8-11(9-7-10)19(17,18)14-12(4-2)13(15)16/h6-9,12,14H,3-5H2,1-2H3,(H,15,16)/t12-/m1/s1. The van der Waals surface area contributed by atoms with Crippen LogP contribution in [0.5, 0.6) is 0 Å². The van der Waals surface area contributed by atoms with Crippen molar-refractivity contribution >= 4 is 16.0 Å². The smallest absolute Gasteiger partial charge is 0.321 e. The van der Waals surface area contributed by atoms with E-state index in [0.717, 1.165) is 18.4 Å². The van der Waals surface area contributed by atoms with E-state index in [1.807, 2.05) is 6.92 Å². The zero-order valence-electron chi connectivity index (χ0n) is 11.1. The third kappa shape index (κ3) is 4.33. The Bertz CT molecular complexity index is 522. The normalized spacial score (nSPS) is 13.2. The number of hydrogen-bond donors (Lipinski definition) is 2. The second-order valence-electron chi connectivity index (χ2n) is 4.31. The van der Waals surface area contributed by atoms with Crippen LogP contribution in [0.15, 0.2) is 29.2 Å². The zero-order chi connectivity index (χ0) is 14.5. The Morgan fingerprint density at radius 2 is 1.84 bits per heavy atom. The largest absolute Gasteiger partial charge is 0.480 e. The number of carboxylic acid groups (broad SMARTS) is 1. The number of nitrogens with one attached hydrogen (secondary N) is 1. The van der Waals surface area contributed by atoms with Gasteiger partial charge in [0.2, 0.25) is 10.0 Å². The van der Waals surface area contributed by atoms with Gasteiger partial charge in [-0.1, -0.05) is 32.4 Å². The third-order valence-corrected chi connectivity index (χ3v) is 4.26. The first-order valence-electron chi connectivity index (χ1n) is 6.24. The van der Waals surface area contributed by atoms with E-state index < -0.39 is 22.0 Å². The Balaban J connectivity index is 2.90. The molecule has 0 aromatic heterocycles. The molecule has 2 N–H and O–H groups in total. The van der Waals surface area contributed by atoms with Gasteiger partial charge in [-0.3, -0.25) is 4.79 Å². The van der Waals surface area contributed by atoms with Gasteiger partial charge in [-0.15, -0.1) is 0 Å². The summed E-state index contributed by atoms with van der Waals surface area (Å²) in [6, 6.07) is 5.41. The first kappa shape index (κ1) is 15.7. The number of aliphatic carboxylic acids is 1. The molecule has 0 bridgehead atoms. The Morgan fingerprint density at radius 3 is 2.26 bits per heavy atom. The van der Waals surface area contributed by atoms with Crippen LogP contribution < -0.4 is 4.72 Å². The lowest BCUT2D eigenvalue weighted by Crippen LogP contribution is -2.40. The average Bonchev–Trinajstić information content (AvgIpc) is 2.37. The molecule has 0 heterocycles. The van der Waals surface area contributed by atoms with Crippen LogP contribution in [-0.4, -0.2) is 25.5 Å². The highest BCUT2D eigenvalue weighted by atomic mass is 32.2. The van der Waals surface area contributed by atoms with Gasteiger partial charge in [-0.25, -0.2) is 8.42 Å². The number of sulfonamides is 1. The summed E-state index contributed by atoms with van der Waals surface area (Å²) in [6.07, 6.45) is 2.07. The number of benzene rings is 1. The van der Waals surface area contributed by atoms with Crippen LogP contribution in [0.4, 0.5) is 0 Å². The Kier molecular flexibility index (Phi) is 5.50. The Morgan fingerprint density at radius 1 is 1.26 bits per heavy atom. The van der Waals surface area contributed by atoms with E-state index in [1.54, 1.807) is 19.1 Å². The monoisotopic (exact) mass is 285 g/mol. The molecular formula is C13H19NO4S. The molecular weight excluding hydrogens is 266 g/mol. The van der Waals surface area contributed by atoms with Crippen molar-refractivity contribution in [1.82, 2.24) is 4.72 Å². The van der Waals surface area contributed by atoms with Crippen LogP contribution in [0.2, 0.25) is 0 Å². The summed E-state index contributed by atoms with van der Waals surface area (Å²) >= 11 is 0. The van der Waals surface area contributed by atoms with Gasteiger partial charge in [0.15, 0.2) is 0 Å². The van der Waals surface area contributed by atoms with Crippen molar-refractivity contribution in [3.8, 4) is 0 Å². The maximum Gasteiger partial charge on any atom is 0.321 e. The predicted molar refractivity (Wildman–Crippen MR) is 72.5 cm³/mol. The molecule has 0 fully saturated rings. The van der Waals surface area contributed by atoms with Crippen molar-refractivity contribution in [2.75, 3.05) is 0 Å². The molecule has 1 atom stereocenters. The van der Waals surface area contributed by atoms with Gasteiger partial charge in [-0.2, -0.15) is 4.72 Å². The van der Waals surface area contributed by atoms with E-state index in [9.17, 15) is 13.2 Å². The third-order valence-electron chi connectivity index (χ3n) is 2.78. The molecule has 0 unspecified atom stereocenters. The SMILES string of the molecule is CCCc1ccc(S(=O)(=O)N[C@H](CC)C(=O)O)cc1. The minimum atomic E-state index is -3.78. The van der Waals surface area contributed by atoms with Gasteiger partial charge in [0.1, 0.15) is 6.04 Å². The van der Waals surface area contributed by atoms with Crippen molar-refractivity contribution in [3.05, 3.63) is 29.8 Å². The van der Waals surface area contributed by atoms with Gasteiger partial charge >= 0.3 is 5.97 Å². The minimum Gasteiger partial charge on any atom is -0.480 e. The van der Waals surface area contributed by atoms with Crippen LogP contribution in [0, 0.1) is 0 Å². The van der Waals surface area contributed by atoms with Gasteiger partial charge in [0.05, 0.1) is 4.90 Å². The molecule has 1 rings (SSSR count). The fourth-order valence-corrected chi connectivity index (χ4v) is 2.96. The van der Waals surface area contributed by atoms with Crippen LogP contribution in [-0.2, 0) is 21.2 Å². The summed E-state index contributed by atoms with van der Waals surface area (Å²) in [5, 5.41) is 8.87. The Labute approximate surface area is 113 Å². The van der Waals surface area contributed by atoms with Gasteiger partial charge in [0, 0.05) is 0 Å². The lowest BCUT2D eigenvalue weighted by atomic mass is 10.1. The summed E-state index contributed by atoms with van der Waals surface area (Å²) in [6.45, 7) is 3.66. The van der Waals surface area contributed by atoms with Crippen LogP contribution in [0.25, 0.3) is 0 Å². The van der Waals surface area contributed by atoms with E-state index in [4.69, 9.17) is 5.11 Å². The van der Waals surface area contributed by atoms with Gasteiger partial charge in [-0.05, 0) is 30.5 Å². The second kappa shape index (κ2) is 6.68. The van der Waals surface area contributed by atoms with E-state index in [2.05, 4.69) is 4.72 Å². The summed E-state index contributed by atoms with van der Waals surface area (Å²) in [5.41, 5.74) is 1.06. The number of carboxylic acids is 1. The van der Waals surface area contributed by atoms with E-state index in [1.165, 1.54) is 12.1 Å². The van der Waals surface area contributed by atoms with Crippen molar-refractivity contribution in [1.29, 1.82) is 0 Å². The van der Waals surface area contributed by atoms with Crippen LogP contribution in [0.1, 0.15) is 32.3 Å². The molecule has 0 amide bonds. The molecule has 1 aromatic rings. The molecule has 0 spiro atoms. The van der Waals surface area contributed by atoms with E-state index in [0.29, 0.717) is 0 Å². The molecule has 6 heteroatoms. The van der Waals surface area contributed by atoms with Crippen molar-refractivity contribution in [3.63, 3.8) is 0 Å². The van der Waals surface area contributed by atoms with E-state index in [-0.39, 0.29) is 11.3 Å². The van der Waals surface area contributed by atoms with E-state index >= 15 is 0 Å². The summed E-state index contributed by atoms with van der Waals surface area (Å²) < 4.78 is 26.2. The Hall–Kier alpha value is -1.40. The van der Waals surface area contributed by atoms with Crippen molar-refractivity contribution in [2.24, 2.45) is 0 Å². The first-order valence-corrected chi connectivity index (χ1v) is 7.73. The fraction of sp³-hybridized carbons (Fsp3) is 0.462. The lowest BCUT2D eigenvalue weighted by Gasteiger charge is -2.13. The molecule has 106 valence electrons. The second-order valence-corrected chi connectivity index (χ2v) is 6.03. The zero-order valence-corrected chi connectivity index (χ0v) is 11.9. The maximum absolute atomic E-state index is 12.0. The number of hydrogen-bond acceptors (Lipinski definition) is 3. The average molecular weight is 285 g/mol. The molecule has 5 nitrogen and oxygen atoms in total. The van der Waals surface area contributed by atoms with Crippen LogP contribution in [0.3, 0.4) is 0 Å². The molecule has 0 saturated heterocycles. The minimum absolute atomic E-state index is 0.0899. The number of aryl methyl sites for hydroxylation is 1. The number of carbonyl (C=O) groups is 1. The highest BCUT2D eigenvalue weighted by Gasteiger charge is 2.23.